The van der Waals surface area contributed by atoms with Gasteiger partial charge >= 0.3 is 12.0 Å². The third kappa shape index (κ3) is 4.67. The highest BCUT2D eigenvalue weighted by atomic mass is 16.4. The van der Waals surface area contributed by atoms with Gasteiger partial charge < -0.3 is 15.3 Å². The molecule has 0 saturated carbocycles. The van der Waals surface area contributed by atoms with Crippen LogP contribution in [-0.2, 0) is 4.79 Å². The molecule has 6 nitrogen and oxygen atoms in total. The number of hydrogen-bond acceptors (Lipinski definition) is 3. The number of carbonyl (C=O) groups excluding carboxylic acids is 1. The molecule has 0 aliphatic carbocycles. The summed E-state index contributed by atoms with van der Waals surface area (Å²) in [5.74, 6) is -1.35. The van der Waals surface area contributed by atoms with E-state index in [1.165, 1.54) is 0 Å². The fraction of sp³-hybridized carbons (Fsp3) is 0.857. The standard InChI is InChI=1S/C14H27N3O3/c1-4-11(3)16-6-8-17(9-7-16)14(20)15-10-12(5-2)13(18)19/h11-12H,4-10H2,1-3H3,(H,15,20)(H,18,19). The van der Waals surface area contributed by atoms with Gasteiger partial charge in [0.25, 0.3) is 0 Å². The third-order valence-corrected chi connectivity index (χ3v) is 4.16. The van der Waals surface area contributed by atoms with Crippen molar-refractivity contribution in [1.82, 2.24) is 15.1 Å². The van der Waals surface area contributed by atoms with E-state index >= 15 is 0 Å². The topological polar surface area (TPSA) is 72.9 Å². The first-order valence-corrected chi connectivity index (χ1v) is 7.49. The number of nitrogens with zero attached hydrogens (tertiary/aromatic N) is 2. The van der Waals surface area contributed by atoms with Crippen molar-refractivity contribution in [1.29, 1.82) is 0 Å². The SMILES string of the molecule is CCC(CNC(=O)N1CCN(C(C)CC)CC1)C(=O)O. The Bertz CT molecular complexity index is 328. The lowest BCUT2D eigenvalue weighted by Gasteiger charge is -2.37. The van der Waals surface area contributed by atoms with Crippen molar-refractivity contribution in [2.45, 2.75) is 39.7 Å². The van der Waals surface area contributed by atoms with Crippen LogP contribution in [0.3, 0.4) is 0 Å². The Balaban J connectivity index is 2.34. The molecule has 2 N–H and O–H groups in total. The van der Waals surface area contributed by atoms with Crippen molar-refractivity contribution in [3.63, 3.8) is 0 Å². The lowest BCUT2D eigenvalue weighted by atomic mass is 10.1. The molecule has 116 valence electrons. The van der Waals surface area contributed by atoms with E-state index in [0.29, 0.717) is 25.6 Å². The number of urea groups is 1. The lowest BCUT2D eigenvalue weighted by Crippen LogP contribution is -2.54. The molecule has 1 heterocycles. The van der Waals surface area contributed by atoms with Crippen LogP contribution in [0, 0.1) is 5.92 Å². The summed E-state index contributed by atoms with van der Waals surface area (Å²) in [4.78, 5) is 27.0. The first-order chi connectivity index (χ1) is 9.49. The normalized spacial score (nSPS) is 19.4. The molecule has 20 heavy (non-hydrogen) atoms. The summed E-state index contributed by atoms with van der Waals surface area (Å²) in [5.41, 5.74) is 0. The van der Waals surface area contributed by atoms with Gasteiger partial charge in [-0.3, -0.25) is 9.69 Å². The minimum atomic E-state index is -0.852. The van der Waals surface area contributed by atoms with E-state index in [4.69, 9.17) is 5.11 Å². The maximum absolute atomic E-state index is 12.0. The summed E-state index contributed by atoms with van der Waals surface area (Å²) < 4.78 is 0. The van der Waals surface area contributed by atoms with Gasteiger partial charge in [0.15, 0.2) is 0 Å². The van der Waals surface area contributed by atoms with E-state index in [1.807, 2.05) is 6.92 Å². The van der Waals surface area contributed by atoms with E-state index in [1.54, 1.807) is 4.90 Å². The number of piperazine rings is 1. The predicted octanol–water partition coefficient (Wildman–Crippen LogP) is 1.22. The molecule has 0 spiro atoms. The summed E-state index contributed by atoms with van der Waals surface area (Å²) in [5, 5.41) is 11.7. The van der Waals surface area contributed by atoms with Gasteiger partial charge in [0, 0.05) is 38.8 Å². The fourth-order valence-electron chi connectivity index (χ4n) is 2.35. The van der Waals surface area contributed by atoms with Crippen molar-refractivity contribution >= 4 is 12.0 Å². The van der Waals surface area contributed by atoms with Gasteiger partial charge in [-0.25, -0.2) is 4.79 Å². The highest BCUT2D eigenvalue weighted by molar-refractivity contribution is 5.76. The zero-order chi connectivity index (χ0) is 15.1. The van der Waals surface area contributed by atoms with Crippen LogP contribution in [0.5, 0.6) is 0 Å². The quantitative estimate of drug-likeness (QED) is 0.769. The molecular weight excluding hydrogens is 258 g/mol. The molecule has 1 aliphatic heterocycles. The maximum atomic E-state index is 12.0. The summed E-state index contributed by atoms with van der Waals surface area (Å²) in [6.45, 7) is 9.58. The molecule has 1 fully saturated rings. The number of aliphatic carboxylic acids is 1. The van der Waals surface area contributed by atoms with Gasteiger partial charge in [-0.05, 0) is 19.8 Å². The van der Waals surface area contributed by atoms with Crippen molar-refractivity contribution in [3.05, 3.63) is 0 Å². The minimum absolute atomic E-state index is 0.145. The van der Waals surface area contributed by atoms with Crippen LogP contribution in [0.25, 0.3) is 0 Å². The van der Waals surface area contributed by atoms with Crippen molar-refractivity contribution in [3.8, 4) is 0 Å². The zero-order valence-electron chi connectivity index (χ0n) is 12.8. The molecule has 6 heteroatoms. The van der Waals surface area contributed by atoms with Crippen molar-refractivity contribution in [2.24, 2.45) is 5.92 Å². The van der Waals surface area contributed by atoms with Gasteiger partial charge in [-0.15, -0.1) is 0 Å². The number of amides is 2. The predicted molar refractivity (Wildman–Crippen MR) is 77.7 cm³/mol. The summed E-state index contributed by atoms with van der Waals surface area (Å²) in [6.07, 6.45) is 1.64. The van der Waals surface area contributed by atoms with Crippen LogP contribution in [-0.4, -0.2) is 65.7 Å². The summed E-state index contributed by atoms with van der Waals surface area (Å²) in [6, 6.07) is 0.408. The minimum Gasteiger partial charge on any atom is -0.481 e. The molecule has 1 saturated heterocycles. The van der Waals surface area contributed by atoms with Gasteiger partial charge in [0.1, 0.15) is 0 Å². The Morgan fingerprint density at radius 3 is 2.20 bits per heavy atom. The molecule has 0 bridgehead atoms. The van der Waals surface area contributed by atoms with Gasteiger partial charge in [0.05, 0.1) is 5.92 Å². The van der Waals surface area contributed by atoms with E-state index in [0.717, 1.165) is 19.5 Å². The van der Waals surface area contributed by atoms with Crippen molar-refractivity contribution in [2.75, 3.05) is 32.7 Å². The van der Waals surface area contributed by atoms with Crippen LogP contribution in [0.1, 0.15) is 33.6 Å². The van der Waals surface area contributed by atoms with Gasteiger partial charge in [-0.2, -0.15) is 0 Å². The van der Waals surface area contributed by atoms with Crippen LogP contribution < -0.4 is 5.32 Å². The second-order valence-electron chi connectivity index (χ2n) is 5.41. The van der Waals surface area contributed by atoms with E-state index in [2.05, 4.69) is 24.1 Å². The van der Waals surface area contributed by atoms with E-state index in [-0.39, 0.29) is 12.6 Å². The Labute approximate surface area is 121 Å². The molecular formula is C14H27N3O3. The maximum Gasteiger partial charge on any atom is 0.317 e. The first kappa shape index (κ1) is 16.8. The Morgan fingerprint density at radius 1 is 1.15 bits per heavy atom. The summed E-state index contributed by atoms with van der Waals surface area (Å²) in [7, 11) is 0. The number of carboxylic acids is 1. The number of rotatable bonds is 6. The van der Waals surface area contributed by atoms with E-state index in [9.17, 15) is 9.59 Å². The van der Waals surface area contributed by atoms with Gasteiger partial charge in [0.2, 0.25) is 0 Å². The molecule has 0 radical (unpaired) electrons. The molecule has 0 aromatic carbocycles. The largest absolute Gasteiger partial charge is 0.481 e. The third-order valence-electron chi connectivity index (χ3n) is 4.16. The highest BCUT2D eigenvalue weighted by Crippen LogP contribution is 2.09. The summed E-state index contributed by atoms with van der Waals surface area (Å²) >= 11 is 0. The zero-order valence-corrected chi connectivity index (χ0v) is 12.8. The van der Waals surface area contributed by atoms with Crippen LogP contribution in [0.15, 0.2) is 0 Å². The highest BCUT2D eigenvalue weighted by Gasteiger charge is 2.24. The van der Waals surface area contributed by atoms with Crippen molar-refractivity contribution < 1.29 is 14.7 Å². The molecule has 1 aliphatic rings. The second-order valence-corrected chi connectivity index (χ2v) is 5.41. The molecule has 2 amide bonds. The van der Waals surface area contributed by atoms with Gasteiger partial charge in [-0.1, -0.05) is 13.8 Å². The number of hydrogen-bond donors (Lipinski definition) is 2. The van der Waals surface area contributed by atoms with Crippen LogP contribution in [0.4, 0.5) is 4.79 Å². The number of carbonyl (C=O) groups is 2. The first-order valence-electron chi connectivity index (χ1n) is 7.49. The average Bonchev–Trinajstić information content (AvgIpc) is 2.46. The molecule has 0 aromatic heterocycles. The van der Waals surface area contributed by atoms with E-state index < -0.39 is 11.9 Å². The Morgan fingerprint density at radius 2 is 1.75 bits per heavy atom. The number of carboxylic acid groups (broad SMARTS) is 1. The molecule has 2 unspecified atom stereocenters. The lowest BCUT2D eigenvalue weighted by molar-refractivity contribution is -0.141. The second kappa shape index (κ2) is 8.09. The number of nitrogens with one attached hydrogen (secondary N) is 1. The average molecular weight is 285 g/mol. The molecule has 0 aromatic rings. The fourth-order valence-corrected chi connectivity index (χ4v) is 2.35. The van der Waals surface area contributed by atoms with Crippen LogP contribution >= 0.6 is 0 Å². The molecule has 2 atom stereocenters. The van der Waals surface area contributed by atoms with Crippen LogP contribution in [0.2, 0.25) is 0 Å². The smallest absolute Gasteiger partial charge is 0.317 e. The Kier molecular flexibility index (Phi) is 6.78. The molecule has 1 rings (SSSR count). The monoisotopic (exact) mass is 285 g/mol. The Hall–Kier alpha value is -1.30.